The van der Waals surface area contributed by atoms with Crippen LogP contribution in [0.3, 0.4) is 0 Å². The molecule has 0 amide bonds. The molecular weight excluding hydrogens is 246 g/mol. The van der Waals surface area contributed by atoms with Gasteiger partial charge in [-0.1, -0.05) is 0 Å². The molecular formula is C13H15N3O3. The predicted octanol–water partition coefficient (Wildman–Crippen LogP) is 2.08. The quantitative estimate of drug-likeness (QED) is 0.601. The van der Waals surface area contributed by atoms with Gasteiger partial charge in [0.2, 0.25) is 0 Å². The minimum atomic E-state index is -0.536. The summed E-state index contributed by atoms with van der Waals surface area (Å²) in [4.78, 5) is 12.3. The van der Waals surface area contributed by atoms with E-state index in [4.69, 9.17) is 10.00 Å². The summed E-state index contributed by atoms with van der Waals surface area (Å²) in [5.74, 6) is 0. The van der Waals surface area contributed by atoms with Gasteiger partial charge in [-0.2, -0.15) is 5.26 Å². The molecule has 1 saturated heterocycles. The Bertz CT molecular complexity index is 549. The molecule has 0 saturated carbocycles. The van der Waals surface area contributed by atoms with Gasteiger partial charge in [-0.15, -0.1) is 0 Å². The van der Waals surface area contributed by atoms with Crippen molar-refractivity contribution in [2.45, 2.75) is 19.4 Å². The summed E-state index contributed by atoms with van der Waals surface area (Å²) in [6, 6.07) is 6.51. The number of ether oxygens (including phenoxy) is 1. The molecule has 0 bridgehead atoms. The fourth-order valence-corrected chi connectivity index (χ4v) is 2.21. The molecule has 0 atom stereocenters. The van der Waals surface area contributed by atoms with Crippen molar-refractivity contribution in [3.8, 4) is 6.07 Å². The number of anilines is 1. The van der Waals surface area contributed by atoms with Crippen LogP contribution in [0.4, 0.5) is 11.4 Å². The third-order valence-electron chi connectivity index (χ3n) is 3.09. The number of benzene rings is 1. The van der Waals surface area contributed by atoms with Gasteiger partial charge in [0.25, 0.3) is 5.69 Å². The van der Waals surface area contributed by atoms with E-state index in [9.17, 15) is 10.1 Å². The molecule has 1 aliphatic heterocycles. The van der Waals surface area contributed by atoms with Crippen molar-refractivity contribution in [1.82, 2.24) is 0 Å². The Labute approximate surface area is 111 Å². The van der Waals surface area contributed by atoms with Crippen molar-refractivity contribution in [3.63, 3.8) is 0 Å². The Balaban J connectivity index is 2.31. The fourth-order valence-electron chi connectivity index (χ4n) is 2.21. The van der Waals surface area contributed by atoms with Crippen LogP contribution in [-0.2, 0) is 4.74 Å². The molecule has 6 nitrogen and oxygen atoms in total. The fraction of sp³-hybridized carbons (Fsp3) is 0.462. The molecule has 1 fully saturated rings. The summed E-state index contributed by atoms with van der Waals surface area (Å²) in [7, 11) is 0. The molecule has 1 aliphatic rings. The second-order valence-electron chi connectivity index (χ2n) is 5.10. The third kappa shape index (κ3) is 2.83. The van der Waals surface area contributed by atoms with Crippen molar-refractivity contribution in [2.75, 3.05) is 24.6 Å². The highest BCUT2D eigenvalue weighted by molar-refractivity contribution is 5.60. The lowest BCUT2D eigenvalue weighted by Crippen LogP contribution is -2.48. The number of hydrogen-bond acceptors (Lipinski definition) is 5. The van der Waals surface area contributed by atoms with Crippen LogP contribution in [0.15, 0.2) is 18.2 Å². The summed E-state index contributed by atoms with van der Waals surface area (Å²) >= 11 is 0. The van der Waals surface area contributed by atoms with E-state index in [1.165, 1.54) is 6.07 Å². The molecule has 0 aromatic heterocycles. The van der Waals surface area contributed by atoms with Crippen LogP contribution in [0.2, 0.25) is 0 Å². The summed E-state index contributed by atoms with van der Waals surface area (Å²) in [6.07, 6.45) is 0. The van der Waals surface area contributed by atoms with E-state index in [-0.39, 0.29) is 16.9 Å². The SMILES string of the molecule is CC1(C)CN(c2ccc([N+](=O)[O-])c(C#N)c2)CCO1. The summed E-state index contributed by atoms with van der Waals surface area (Å²) in [6.45, 7) is 6.00. The molecule has 0 radical (unpaired) electrons. The Morgan fingerprint density at radius 2 is 2.26 bits per heavy atom. The van der Waals surface area contributed by atoms with Gasteiger partial charge < -0.3 is 9.64 Å². The maximum atomic E-state index is 10.8. The van der Waals surface area contributed by atoms with E-state index < -0.39 is 4.92 Å². The van der Waals surface area contributed by atoms with Crippen molar-refractivity contribution in [3.05, 3.63) is 33.9 Å². The molecule has 1 aromatic rings. The zero-order valence-electron chi connectivity index (χ0n) is 10.9. The number of hydrogen-bond donors (Lipinski definition) is 0. The van der Waals surface area contributed by atoms with Gasteiger partial charge >= 0.3 is 0 Å². The van der Waals surface area contributed by atoms with Gasteiger partial charge in [0.05, 0.1) is 17.1 Å². The van der Waals surface area contributed by atoms with Crippen molar-refractivity contribution in [2.24, 2.45) is 0 Å². The van der Waals surface area contributed by atoms with Gasteiger partial charge in [0.15, 0.2) is 0 Å². The van der Waals surface area contributed by atoms with E-state index in [0.29, 0.717) is 19.7 Å². The van der Waals surface area contributed by atoms with Crippen molar-refractivity contribution in [1.29, 1.82) is 5.26 Å². The molecule has 100 valence electrons. The average Bonchev–Trinajstić information content (AvgIpc) is 2.36. The van der Waals surface area contributed by atoms with Gasteiger partial charge in [-0.3, -0.25) is 10.1 Å². The second kappa shape index (κ2) is 4.86. The molecule has 0 aliphatic carbocycles. The Morgan fingerprint density at radius 3 is 2.84 bits per heavy atom. The molecule has 1 aromatic carbocycles. The Morgan fingerprint density at radius 1 is 1.53 bits per heavy atom. The monoisotopic (exact) mass is 261 g/mol. The molecule has 6 heteroatoms. The summed E-state index contributed by atoms with van der Waals surface area (Å²) in [5.41, 5.74) is 0.497. The van der Waals surface area contributed by atoms with E-state index in [1.54, 1.807) is 12.1 Å². The summed E-state index contributed by atoms with van der Waals surface area (Å²) < 4.78 is 5.62. The largest absolute Gasteiger partial charge is 0.372 e. The first-order chi connectivity index (χ1) is 8.93. The minimum Gasteiger partial charge on any atom is -0.372 e. The zero-order valence-corrected chi connectivity index (χ0v) is 10.9. The van der Waals surface area contributed by atoms with E-state index >= 15 is 0 Å². The Hall–Kier alpha value is -2.13. The highest BCUT2D eigenvalue weighted by Crippen LogP contribution is 2.27. The lowest BCUT2D eigenvalue weighted by atomic mass is 10.1. The number of nitro benzene ring substituents is 1. The van der Waals surface area contributed by atoms with E-state index in [1.807, 2.05) is 19.9 Å². The number of morpholine rings is 1. The molecule has 1 heterocycles. The number of nitrogens with zero attached hydrogens (tertiary/aromatic N) is 3. The number of nitriles is 1. The minimum absolute atomic E-state index is 0.0896. The maximum Gasteiger partial charge on any atom is 0.287 e. The van der Waals surface area contributed by atoms with Crippen LogP contribution < -0.4 is 4.90 Å². The molecule has 0 N–H and O–H groups in total. The zero-order chi connectivity index (χ0) is 14.0. The average molecular weight is 261 g/mol. The van der Waals surface area contributed by atoms with Crippen molar-refractivity contribution < 1.29 is 9.66 Å². The number of nitro groups is 1. The van der Waals surface area contributed by atoms with E-state index in [2.05, 4.69) is 4.90 Å². The number of rotatable bonds is 2. The molecule has 0 spiro atoms. The van der Waals surface area contributed by atoms with Crippen LogP contribution in [0.5, 0.6) is 0 Å². The Kier molecular flexibility index (Phi) is 3.40. The lowest BCUT2D eigenvalue weighted by Gasteiger charge is -2.39. The highest BCUT2D eigenvalue weighted by Gasteiger charge is 2.28. The lowest BCUT2D eigenvalue weighted by molar-refractivity contribution is -0.385. The van der Waals surface area contributed by atoms with Gasteiger partial charge in [0, 0.05) is 24.8 Å². The van der Waals surface area contributed by atoms with Crippen LogP contribution in [0.1, 0.15) is 19.4 Å². The first kappa shape index (κ1) is 13.3. The molecule has 2 rings (SSSR count). The van der Waals surface area contributed by atoms with Gasteiger partial charge in [-0.25, -0.2) is 0 Å². The molecule has 19 heavy (non-hydrogen) atoms. The van der Waals surface area contributed by atoms with Crippen LogP contribution in [-0.4, -0.2) is 30.2 Å². The van der Waals surface area contributed by atoms with Gasteiger partial charge in [0.1, 0.15) is 11.6 Å². The van der Waals surface area contributed by atoms with Crippen LogP contribution in [0, 0.1) is 21.4 Å². The predicted molar refractivity (Wildman–Crippen MR) is 70.1 cm³/mol. The second-order valence-corrected chi connectivity index (χ2v) is 5.10. The first-order valence-corrected chi connectivity index (χ1v) is 6.00. The van der Waals surface area contributed by atoms with Crippen LogP contribution >= 0.6 is 0 Å². The topological polar surface area (TPSA) is 79.4 Å². The van der Waals surface area contributed by atoms with Gasteiger partial charge in [-0.05, 0) is 26.0 Å². The third-order valence-corrected chi connectivity index (χ3v) is 3.09. The van der Waals surface area contributed by atoms with Crippen molar-refractivity contribution >= 4 is 11.4 Å². The maximum absolute atomic E-state index is 10.8. The first-order valence-electron chi connectivity index (χ1n) is 6.00. The summed E-state index contributed by atoms with van der Waals surface area (Å²) in [5, 5.41) is 19.8. The standard InChI is InChI=1S/C13H15N3O3/c1-13(2)9-15(5-6-19-13)11-3-4-12(16(17)18)10(7-11)8-14/h3-4,7H,5-6,9H2,1-2H3. The molecule has 0 unspecified atom stereocenters. The van der Waals surface area contributed by atoms with E-state index in [0.717, 1.165) is 5.69 Å². The highest BCUT2D eigenvalue weighted by atomic mass is 16.6. The smallest absolute Gasteiger partial charge is 0.287 e. The normalized spacial score (nSPS) is 17.8. The van der Waals surface area contributed by atoms with Crippen LogP contribution in [0.25, 0.3) is 0 Å².